The Hall–Kier alpha value is -1.61. The van der Waals surface area contributed by atoms with Crippen LogP contribution < -0.4 is 5.32 Å². The van der Waals surface area contributed by atoms with E-state index in [1.165, 1.54) is 29.5 Å². The molecule has 3 heteroatoms. The highest BCUT2D eigenvalue weighted by Gasteiger charge is 2.40. The molecule has 2 fully saturated rings. The van der Waals surface area contributed by atoms with Crippen molar-refractivity contribution in [2.24, 2.45) is 0 Å². The maximum Gasteiger partial charge on any atom is 0.0781 e. The van der Waals surface area contributed by atoms with Crippen LogP contribution in [0.4, 0.5) is 5.69 Å². The van der Waals surface area contributed by atoms with Crippen LogP contribution in [-0.2, 0) is 4.74 Å². The Labute approximate surface area is 113 Å². The number of anilines is 1. The van der Waals surface area contributed by atoms with Crippen molar-refractivity contribution in [1.82, 2.24) is 4.98 Å². The average Bonchev–Trinajstić information content (AvgIpc) is 3.02. The summed E-state index contributed by atoms with van der Waals surface area (Å²) in [5.74, 6) is 0. The fourth-order valence-electron chi connectivity index (χ4n) is 3.44. The molecule has 3 heterocycles. The fourth-order valence-corrected chi connectivity index (χ4v) is 3.44. The minimum absolute atomic E-state index is 0.401. The lowest BCUT2D eigenvalue weighted by molar-refractivity contribution is 0.102. The zero-order chi connectivity index (χ0) is 12.8. The lowest BCUT2D eigenvalue weighted by Crippen LogP contribution is -2.30. The standard InChI is InChI=1S/C16H18N2O/c1-10-3-2-4-12-13(7-8-17-16(10)12)18-14-9-11-5-6-15(14)19-11/h2-4,7-8,11,14-15H,5-6,9H2,1H3,(H,17,18). The number of para-hydroxylation sites is 1. The lowest BCUT2D eigenvalue weighted by atomic mass is 9.95. The van der Waals surface area contributed by atoms with E-state index in [1.54, 1.807) is 0 Å². The molecule has 0 aliphatic carbocycles. The minimum atomic E-state index is 0.401. The largest absolute Gasteiger partial charge is 0.379 e. The summed E-state index contributed by atoms with van der Waals surface area (Å²) < 4.78 is 5.91. The summed E-state index contributed by atoms with van der Waals surface area (Å²) >= 11 is 0. The van der Waals surface area contributed by atoms with Gasteiger partial charge in [0.25, 0.3) is 0 Å². The molecule has 1 aromatic carbocycles. The first kappa shape index (κ1) is 11.2. The van der Waals surface area contributed by atoms with Crippen molar-refractivity contribution in [3.63, 3.8) is 0 Å². The molecule has 98 valence electrons. The van der Waals surface area contributed by atoms with Crippen LogP contribution in [0.3, 0.4) is 0 Å². The zero-order valence-corrected chi connectivity index (χ0v) is 11.1. The van der Waals surface area contributed by atoms with Gasteiger partial charge in [0.15, 0.2) is 0 Å². The number of hydrogen-bond acceptors (Lipinski definition) is 3. The Kier molecular flexibility index (Phi) is 2.49. The first-order valence-electron chi connectivity index (χ1n) is 7.07. The Morgan fingerprint density at radius 1 is 1.26 bits per heavy atom. The molecule has 0 radical (unpaired) electrons. The monoisotopic (exact) mass is 254 g/mol. The van der Waals surface area contributed by atoms with Crippen LogP contribution >= 0.6 is 0 Å². The van der Waals surface area contributed by atoms with Gasteiger partial charge in [0, 0.05) is 17.3 Å². The second kappa shape index (κ2) is 4.20. The second-order valence-electron chi connectivity index (χ2n) is 5.69. The highest BCUT2D eigenvalue weighted by molar-refractivity contribution is 5.92. The molecule has 4 rings (SSSR count). The molecule has 1 N–H and O–H groups in total. The summed E-state index contributed by atoms with van der Waals surface area (Å²) in [5.41, 5.74) is 3.51. The number of aromatic nitrogens is 1. The van der Waals surface area contributed by atoms with Crippen LogP contribution in [0.5, 0.6) is 0 Å². The quantitative estimate of drug-likeness (QED) is 0.893. The van der Waals surface area contributed by atoms with Gasteiger partial charge in [0.05, 0.1) is 23.8 Å². The third-order valence-corrected chi connectivity index (χ3v) is 4.42. The molecule has 2 aliphatic rings. The molecule has 0 spiro atoms. The van der Waals surface area contributed by atoms with E-state index in [4.69, 9.17) is 4.74 Å². The number of hydrogen-bond donors (Lipinski definition) is 1. The van der Waals surface area contributed by atoms with Gasteiger partial charge >= 0.3 is 0 Å². The van der Waals surface area contributed by atoms with Crippen LogP contribution in [0, 0.1) is 6.92 Å². The summed E-state index contributed by atoms with van der Waals surface area (Å²) in [6, 6.07) is 8.89. The van der Waals surface area contributed by atoms with Crippen LogP contribution in [0.1, 0.15) is 24.8 Å². The maximum absolute atomic E-state index is 5.91. The molecule has 2 saturated heterocycles. The van der Waals surface area contributed by atoms with E-state index < -0.39 is 0 Å². The number of aryl methyl sites for hydroxylation is 1. The molecular formula is C16H18N2O. The molecule has 3 atom stereocenters. The molecule has 2 aliphatic heterocycles. The normalized spacial score (nSPS) is 29.0. The Morgan fingerprint density at radius 3 is 3.00 bits per heavy atom. The minimum Gasteiger partial charge on any atom is -0.379 e. The van der Waals surface area contributed by atoms with E-state index in [9.17, 15) is 0 Å². The van der Waals surface area contributed by atoms with Gasteiger partial charge in [-0.1, -0.05) is 18.2 Å². The molecule has 0 amide bonds. The van der Waals surface area contributed by atoms with Gasteiger partial charge < -0.3 is 10.1 Å². The van der Waals surface area contributed by atoms with Crippen molar-refractivity contribution in [3.05, 3.63) is 36.0 Å². The average molecular weight is 254 g/mol. The van der Waals surface area contributed by atoms with Gasteiger partial charge in [-0.25, -0.2) is 0 Å². The maximum atomic E-state index is 5.91. The topological polar surface area (TPSA) is 34.1 Å². The van der Waals surface area contributed by atoms with E-state index >= 15 is 0 Å². The van der Waals surface area contributed by atoms with E-state index in [2.05, 4.69) is 41.5 Å². The smallest absolute Gasteiger partial charge is 0.0781 e. The lowest BCUT2D eigenvalue weighted by Gasteiger charge is -2.22. The number of rotatable bonds is 2. The van der Waals surface area contributed by atoms with Gasteiger partial charge in [-0.2, -0.15) is 0 Å². The van der Waals surface area contributed by atoms with Crippen molar-refractivity contribution in [3.8, 4) is 0 Å². The highest BCUT2D eigenvalue weighted by Crippen LogP contribution is 2.37. The number of benzene rings is 1. The first-order chi connectivity index (χ1) is 9.31. The molecular weight excluding hydrogens is 236 g/mol. The van der Waals surface area contributed by atoms with Crippen LogP contribution in [0.25, 0.3) is 10.9 Å². The summed E-state index contributed by atoms with van der Waals surface area (Å²) in [4.78, 5) is 4.49. The van der Waals surface area contributed by atoms with Gasteiger partial charge in [-0.05, 0) is 37.8 Å². The van der Waals surface area contributed by atoms with Gasteiger partial charge in [0.1, 0.15) is 0 Å². The fraction of sp³-hybridized carbons (Fsp3) is 0.438. The van der Waals surface area contributed by atoms with E-state index in [0.29, 0.717) is 18.2 Å². The third-order valence-electron chi connectivity index (χ3n) is 4.42. The van der Waals surface area contributed by atoms with Crippen LogP contribution in [0.2, 0.25) is 0 Å². The summed E-state index contributed by atoms with van der Waals surface area (Å²) in [6.07, 6.45) is 6.35. The Balaban J connectivity index is 1.70. The Bertz CT molecular complexity index is 625. The molecule has 1 aromatic heterocycles. The number of nitrogens with zero attached hydrogens (tertiary/aromatic N) is 1. The summed E-state index contributed by atoms with van der Waals surface area (Å²) in [7, 11) is 0. The summed E-state index contributed by atoms with van der Waals surface area (Å²) in [5, 5.41) is 4.89. The van der Waals surface area contributed by atoms with Crippen molar-refractivity contribution in [2.45, 2.75) is 44.4 Å². The highest BCUT2D eigenvalue weighted by atomic mass is 16.5. The van der Waals surface area contributed by atoms with Crippen molar-refractivity contribution in [2.75, 3.05) is 5.32 Å². The van der Waals surface area contributed by atoms with Gasteiger partial charge in [-0.3, -0.25) is 4.98 Å². The number of pyridine rings is 1. The molecule has 2 bridgehead atoms. The van der Waals surface area contributed by atoms with Crippen LogP contribution in [0.15, 0.2) is 30.5 Å². The molecule has 3 nitrogen and oxygen atoms in total. The molecule has 19 heavy (non-hydrogen) atoms. The number of nitrogens with one attached hydrogen (secondary N) is 1. The SMILES string of the molecule is Cc1cccc2c(NC3CC4CCC3O4)ccnc12. The number of fused-ring (bicyclic) bond motifs is 3. The van der Waals surface area contributed by atoms with Crippen molar-refractivity contribution >= 4 is 16.6 Å². The van der Waals surface area contributed by atoms with E-state index in [-0.39, 0.29) is 0 Å². The zero-order valence-electron chi connectivity index (χ0n) is 11.1. The Morgan fingerprint density at radius 2 is 2.21 bits per heavy atom. The predicted molar refractivity (Wildman–Crippen MR) is 76.4 cm³/mol. The van der Waals surface area contributed by atoms with Gasteiger partial charge in [0.2, 0.25) is 0 Å². The molecule has 2 aromatic rings. The van der Waals surface area contributed by atoms with Gasteiger partial charge in [-0.15, -0.1) is 0 Å². The second-order valence-corrected chi connectivity index (χ2v) is 5.69. The summed E-state index contributed by atoms with van der Waals surface area (Å²) in [6.45, 7) is 2.11. The van der Waals surface area contributed by atoms with E-state index in [1.807, 2.05) is 6.20 Å². The predicted octanol–water partition coefficient (Wildman–Crippen LogP) is 3.28. The van der Waals surface area contributed by atoms with Crippen molar-refractivity contribution < 1.29 is 4.74 Å². The first-order valence-corrected chi connectivity index (χ1v) is 7.07. The molecule has 0 saturated carbocycles. The van der Waals surface area contributed by atoms with E-state index in [0.717, 1.165) is 11.9 Å². The molecule has 3 unspecified atom stereocenters. The van der Waals surface area contributed by atoms with Crippen LogP contribution in [-0.4, -0.2) is 23.2 Å². The number of ether oxygens (including phenoxy) is 1. The van der Waals surface area contributed by atoms with Crippen molar-refractivity contribution in [1.29, 1.82) is 0 Å². The third kappa shape index (κ3) is 1.80.